The normalized spacial score (nSPS) is 51.7. The number of hydrogen-bond acceptors (Lipinski definition) is 5. The first-order valence-corrected chi connectivity index (χ1v) is 10.3. The third-order valence-electron chi connectivity index (χ3n) is 8.50. The van der Waals surface area contributed by atoms with Crippen molar-refractivity contribution in [2.24, 2.45) is 22.7 Å². The van der Waals surface area contributed by atoms with Crippen molar-refractivity contribution < 1.29 is 25.2 Å². The van der Waals surface area contributed by atoms with Gasteiger partial charge in [-0.15, -0.1) is 0 Å². The molecule has 152 valence electrons. The first-order chi connectivity index (χ1) is 12.7. The molecule has 8 unspecified atom stereocenters. The topological polar surface area (TPSA) is 93.5 Å². The first-order valence-electron chi connectivity index (χ1n) is 10.3. The minimum absolute atomic E-state index is 0.0471. The molecule has 5 heteroatoms. The van der Waals surface area contributed by atoms with Crippen LogP contribution in [-0.4, -0.2) is 57.6 Å². The van der Waals surface area contributed by atoms with Crippen molar-refractivity contribution in [3.8, 4) is 0 Å². The molecule has 4 rings (SSSR count). The second-order valence-electron chi connectivity index (χ2n) is 9.95. The zero-order valence-corrected chi connectivity index (χ0v) is 16.7. The summed E-state index contributed by atoms with van der Waals surface area (Å²) in [6, 6.07) is 0. The number of allylic oxidation sites excluding steroid dienone is 2. The Kier molecular flexibility index (Phi) is 4.64. The van der Waals surface area contributed by atoms with Crippen LogP contribution in [0.3, 0.4) is 0 Å². The third-order valence-corrected chi connectivity index (χ3v) is 8.50. The van der Waals surface area contributed by atoms with E-state index in [0.717, 1.165) is 25.7 Å². The smallest absolute Gasteiger partial charge is 0.128 e. The average molecular weight is 379 g/mol. The van der Waals surface area contributed by atoms with Gasteiger partial charge in [0.2, 0.25) is 0 Å². The van der Waals surface area contributed by atoms with Crippen molar-refractivity contribution >= 4 is 0 Å². The van der Waals surface area contributed by atoms with E-state index < -0.39 is 23.9 Å². The number of aliphatic hydroxyl groups excluding tert-OH is 4. The monoisotopic (exact) mass is 378 g/mol. The highest BCUT2D eigenvalue weighted by molar-refractivity contribution is 5.33. The van der Waals surface area contributed by atoms with E-state index in [1.54, 1.807) is 6.08 Å². The molecule has 3 aliphatic carbocycles. The van der Waals surface area contributed by atoms with E-state index in [2.05, 4.69) is 26.8 Å². The van der Waals surface area contributed by atoms with Crippen LogP contribution in [0.15, 0.2) is 23.3 Å². The fraction of sp³-hybridized carbons (Fsp3) is 0.818. The molecule has 1 saturated heterocycles. The van der Waals surface area contributed by atoms with E-state index in [9.17, 15) is 20.4 Å². The van der Waals surface area contributed by atoms with Gasteiger partial charge in [-0.05, 0) is 66.9 Å². The second-order valence-corrected chi connectivity index (χ2v) is 9.95. The van der Waals surface area contributed by atoms with Gasteiger partial charge in [0, 0.05) is 6.61 Å². The number of epoxide rings is 1. The van der Waals surface area contributed by atoms with Gasteiger partial charge in [0.1, 0.15) is 23.9 Å². The highest BCUT2D eigenvalue weighted by Crippen LogP contribution is 2.63. The Balaban J connectivity index is 1.65. The Morgan fingerprint density at radius 2 is 1.93 bits per heavy atom. The van der Waals surface area contributed by atoms with Crippen LogP contribution in [0.5, 0.6) is 0 Å². The Morgan fingerprint density at radius 1 is 1.19 bits per heavy atom. The third kappa shape index (κ3) is 2.70. The fourth-order valence-electron chi connectivity index (χ4n) is 6.70. The maximum absolute atomic E-state index is 10.8. The molecule has 0 aromatic rings. The van der Waals surface area contributed by atoms with Crippen LogP contribution in [0, 0.1) is 22.7 Å². The molecule has 27 heavy (non-hydrogen) atoms. The van der Waals surface area contributed by atoms with E-state index in [1.165, 1.54) is 5.57 Å². The molecule has 8 atom stereocenters. The Morgan fingerprint density at radius 3 is 2.59 bits per heavy atom. The van der Waals surface area contributed by atoms with Crippen LogP contribution < -0.4 is 0 Å². The number of aliphatic hydroxyl groups is 4. The highest BCUT2D eigenvalue weighted by Gasteiger charge is 2.68. The summed E-state index contributed by atoms with van der Waals surface area (Å²) >= 11 is 0. The lowest BCUT2D eigenvalue weighted by atomic mass is 9.47. The van der Waals surface area contributed by atoms with Gasteiger partial charge in [-0.25, -0.2) is 0 Å². The summed E-state index contributed by atoms with van der Waals surface area (Å²) in [6.45, 7) is 6.68. The average Bonchev–Trinajstić information content (AvgIpc) is 3.38. The molecule has 1 aliphatic heterocycles. The molecule has 4 aliphatic rings. The first kappa shape index (κ1) is 19.6. The molecular formula is C22H34O5. The predicted octanol–water partition coefficient (Wildman–Crippen LogP) is 1.94. The number of rotatable bonds is 4. The van der Waals surface area contributed by atoms with Crippen molar-refractivity contribution in [2.45, 2.75) is 76.8 Å². The molecule has 1 heterocycles. The molecular weight excluding hydrogens is 344 g/mol. The van der Waals surface area contributed by atoms with E-state index in [4.69, 9.17) is 4.74 Å². The van der Waals surface area contributed by atoms with E-state index in [-0.39, 0.29) is 30.0 Å². The van der Waals surface area contributed by atoms with Gasteiger partial charge in [-0.3, -0.25) is 0 Å². The number of ether oxygens (including phenoxy) is 1. The van der Waals surface area contributed by atoms with Gasteiger partial charge in [0.25, 0.3) is 0 Å². The minimum atomic E-state index is -0.844. The summed E-state index contributed by atoms with van der Waals surface area (Å²) in [6.07, 6.45) is 6.72. The SMILES string of the molecule is CC1=CCC2C(C)(CO)CCCC2(C)C1CC12OC1C(O)C(CO)=CC2O. The van der Waals surface area contributed by atoms with Crippen LogP contribution in [0.1, 0.15) is 52.9 Å². The number of hydrogen-bond donors (Lipinski definition) is 4. The van der Waals surface area contributed by atoms with E-state index >= 15 is 0 Å². The van der Waals surface area contributed by atoms with Gasteiger partial charge in [-0.2, -0.15) is 0 Å². The quantitative estimate of drug-likeness (QED) is 0.443. The van der Waals surface area contributed by atoms with Gasteiger partial charge in [0.15, 0.2) is 0 Å². The second kappa shape index (κ2) is 6.39. The van der Waals surface area contributed by atoms with Crippen LogP contribution in [-0.2, 0) is 4.74 Å². The maximum atomic E-state index is 10.8. The lowest BCUT2D eigenvalue weighted by Crippen LogP contribution is -2.53. The van der Waals surface area contributed by atoms with Crippen LogP contribution in [0.25, 0.3) is 0 Å². The Bertz CT molecular complexity index is 672. The summed E-state index contributed by atoms with van der Waals surface area (Å²) in [5.41, 5.74) is 1.00. The molecule has 1 saturated carbocycles. The molecule has 0 spiro atoms. The van der Waals surface area contributed by atoms with Crippen molar-refractivity contribution in [2.75, 3.05) is 13.2 Å². The van der Waals surface area contributed by atoms with Crippen LogP contribution in [0.4, 0.5) is 0 Å². The summed E-state index contributed by atoms with van der Waals surface area (Å²) in [7, 11) is 0. The maximum Gasteiger partial charge on any atom is 0.128 e. The van der Waals surface area contributed by atoms with Gasteiger partial charge in [-0.1, -0.05) is 31.9 Å². The van der Waals surface area contributed by atoms with Crippen molar-refractivity contribution in [3.63, 3.8) is 0 Å². The molecule has 2 fully saturated rings. The molecule has 0 radical (unpaired) electrons. The van der Waals surface area contributed by atoms with E-state index in [1.807, 2.05) is 0 Å². The Hall–Kier alpha value is -0.720. The summed E-state index contributed by atoms with van der Waals surface area (Å²) in [5, 5.41) is 40.7. The van der Waals surface area contributed by atoms with Gasteiger partial charge < -0.3 is 25.2 Å². The Labute approximate surface area is 161 Å². The molecule has 0 aromatic heterocycles. The van der Waals surface area contributed by atoms with Crippen molar-refractivity contribution in [3.05, 3.63) is 23.3 Å². The largest absolute Gasteiger partial charge is 0.396 e. The summed E-state index contributed by atoms with van der Waals surface area (Å²) in [5.74, 6) is 0.651. The summed E-state index contributed by atoms with van der Waals surface area (Å²) < 4.78 is 5.94. The van der Waals surface area contributed by atoms with Crippen molar-refractivity contribution in [1.82, 2.24) is 0 Å². The van der Waals surface area contributed by atoms with Crippen LogP contribution in [0.2, 0.25) is 0 Å². The lowest BCUT2D eigenvalue weighted by molar-refractivity contribution is -0.0808. The summed E-state index contributed by atoms with van der Waals surface area (Å²) in [4.78, 5) is 0. The highest BCUT2D eigenvalue weighted by atomic mass is 16.6. The minimum Gasteiger partial charge on any atom is -0.396 e. The van der Waals surface area contributed by atoms with Crippen LogP contribution >= 0.6 is 0 Å². The van der Waals surface area contributed by atoms with Gasteiger partial charge >= 0.3 is 0 Å². The molecule has 0 amide bonds. The van der Waals surface area contributed by atoms with Gasteiger partial charge in [0.05, 0.1) is 6.61 Å². The molecule has 0 aromatic carbocycles. The lowest BCUT2D eigenvalue weighted by Gasteiger charge is -2.57. The molecule has 4 N–H and O–H groups in total. The van der Waals surface area contributed by atoms with Crippen molar-refractivity contribution in [1.29, 1.82) is 0 Å². The fourth-order valence-corrected chi connectivity index (χ4v) is 6.70. The molecule has 5 nitrogen and oxygen atoms in total. The predicted molar refractivity (Wildman–Crippen MR) is 102 cm³/mol. The zero-order chi connectivity index (χ0) is 19.6. The molecule has 0 bridgehead atoms. The van der Waals surface area contributed by atoms with E-state index in [0.29, 0.717) is 17.9 Å². The standard InChI is InChI=1S/C22H34O5/c1-13-5-6-16-20(2,12-24)7-4-8-21(16,3)15(13)10-22-17(25)9-14(11-23)18(26)19(22)27-22/h5,9,15-19,23-26H,4,6-8,10-12H2,1-3H3. The zero-order valence-electron chi connectivity index (χ0n) is 16.7. The number of fused-ring (bicyclic) bond motifs is 2.